The van der Waals surface area contributed by atoms with Crippen LogP contribution < -0.4 is 11.3 Å². The van der Waals surface area contributed by atoms with Crippen LogP contribution in [0.4, 0.5) is 5.69 Å². The fourth-order valence-electron chi connectivity index (χ4n) is 1.92. The maximum absolute atomic E-state index is 11.6. The molecule has 0 aliphatic carbocycles. The molecule has 2 N–H and O–H groups in total. The minimum atomic E-state index is 0.00974. The van der Waals surface area contributed by atoms with Gasteiger partial charge in [0, 0.05) is 42.8 Å². The van der Waals surface area contributed by atoms with Gasteiger partial charge in [-0.2, -0.15) is 11.8 Å². The van der Waals surface area contributed by atoms with Crippen LogP contribution in [0.25, 0.3) is 0 Å². The molecule has 1 aromatic rings. The van der Waals surface area contributed by atoms with E-state index < -0.39 is 0 Å². The number of anilines is 1. The van der Waals surface area contributed by atoms with Gasteiger partial charge >= 0.3 is 0 Å². The van der Waals surface area contributed by atoms with Crippen molar-refractivity contribution in [1.29, 1.82) is 0 Å². The molecule has 0 aliphatic heterocycles. The summed E-state index contributed by atoms with van der Waals surface area (Å²) in [7, 11) is 2.11. The van der Waals surface area contributed by atoms with Gasteiger partial charge in [0.05, 0.1) is 0 Å². The van der Waals surface area contributed by atoms with Gasteiger partial charge in [-0.05, 0) is 25.8 Å². The van der Waals surface area contributed by atoms with Crippen molar-refractivity contribution in [3.63, 3.8) is 0 Å². The first-order chi connectivity index (χ1) is 8.58. The van der Waals surface area contributed by atoms with Crippen LogP contribution in [-0.2, 0) is 6.54 Å². The van der Waals surface area contributed by atoms with Crippen LogP contribution in [0.5, 0.6) is 0 Å². The number of nitrogens with zero attached hydrogens (tertiary/aromatic N) is 2. The third-order valence-corrected chi connectivity index (χ3v) is 3.87. The number of rotatable bonds is 7. The largest absolute Gasteiger partial charge is 0.398 e. The first kappa shape index (κ1) is 15.1. The molecule has 0 radical (unpaired) electrons. The monoisotopic (exact) mass is 269 g/mol. The fourth-order valence-corrected chi connectivity index (χ4v) is 2.80. The number of hydrogen-bond acceptors (Lipinski definition) is 4. The zero-order chi connectivity index (χ0) is 13.5. The van der Waals surface area contributed by atoms with Gasteiger partial charge in [0.1, 0.15) is 0 Å². The maximum atomic E-state index is 11.6. The number of nitrogens with two attached hydrogens (primary N) is 1. The van der Waals surface area contributed by atoms with Gasteiger partial charge in [0.2, 0.25) is 0 Å². The molecule has 0 fully saturated rings. The lowest BCUT2D eigenvalue weighted by molar-refractivity contribution is 0.245. The molecular weight excluding hydrogens is 246 g/mol. The molecule has 1 heterocycles. The van der Waals surface area contributed by atoms with Crippen molar-refractivity contribution in [3.05, 3.63) is 28.7 Å². The van der Waals surface area contributed by atoms with Crippen LogP contribution in [0.2, 0.25) is 0 Å². The Morgan fingerprint density at radius 1 is 1.50 bits per heavy atom. The molecule has 0 aromatic carbocycles. The topological polar surface area (TPSA) is 51.3 Å². The minimum absolute atomic E-state index is 0.00974. The molecular formula is C13H23N3OS. The Kier molecular flexibility index (Phi) is 6.29. The van der Waals surface area contributed by atoms with Crippen molar-refractivity contribution in [3.8, 4) is 0 Å². The first-order valence-electron chi connectivity index (χ1n) is 6.23. The quantitative estimate of drug-likeness (QED) is 0.815. The highest BCUT2D eigenvalue weighted by atomic mass is 32.2. The maximum Gasteiger partial charge on any atom is 0.250 e. The third-order valence-electron chi connectivity index (χ3n) is 3.15. The highest BCUT2D eigenvalue weighted by Gasteiger charge is 2.11. The Balaban J connectivity index is 2.58. The van der Waals surface area contributed by atoms with E-state index in [1.165, 1.54) is 6.07 Å². The van der Waals surface area contributed by atoms with Gasteiger partial charge in [-0.15, -0.1) is 0 Å². The van der Waals surface area contributed by atoms with Crippen molar-refractivity contribution < 1.29 is 0 Å². The summed E-state index contributed by atoms with van der Waals surface area (Å²) in [5.74, 6) is 1.12. The summed E-state index contributed by atoms with van der Waals surface area (Å²) >= 11 is 1.86. The van der Waals surface area contributed by atoms with Crippen LogP contribution >= 0.6 is 11.8 Å². The fraction of sp³-hybridized carbons (Fsp3) is 0.615. The van der Waals surface area contributed by atoms with Crippen LogP contribution in [-0.4, -0.2) is 41.1 Å². The average Bonchev–Trinajstić information content (AvgIpc) is 2.36. The van der Waals surface area contributed by atoms with Gasteiger partial charge in [-0.25, -0.2) is 0 Å². The van der Waals surface area contributed by atoms with Gasteiger partial charge in [-0.3, -0.25) is 4.79 Å². The second-order valence-electron chi connectivity index (χ2n) is 4.49. The Morgan fingerprint density at radius 2 is 2.22 bits per heavy atom. The molecule has 0 aliphatic rings. The Labute approximate surface area is 113 Å². The molecule has 4 nitrogen and oxygen atoms in total. The predicted molar refractivity (Wildman–Crippen MR) is 80.2 cm³/mol. The zero-order valence-corrected chi connectivity index (χ0v) is 12.2. The number of likely N-dealkylation sites (N-methyl/N-ethyl adjacent to an activating group) is 1. The van der Waals surface area contributed by atoms with Crippen molar-refractivity contribution in [2.75, 3.05) is 31.3 Å². The first-order valence-corrected chi connectivity index (χ1v) is 7.63. The van der Waals surface area contributed by atoms with E-state index in [-0.39, 0.29) is 5.56 Å². The summed E-state index contributed by atoms with van der Waals surface area (Å²) in [5, 5.41) is 0. The summed E-state index contributed by atoms with van der Waals surface area (Å²) in [6.07, 6.45) is 4.97. The van der Waals surface area contributed by atoms with E-state index in [0.717, 1.165) is 18.7 Å². The van der Waals surface area contributed by atoms with E-state index >= 15 is 0 Å². The second kappa shape index (κ2) is 7.48. The van der Waals surface area contributed by atoms with E-state index in [9.17, 15) is 4.79 Å². The molecule has 18 heavy (non-hydrogen) atoms. The highest BCUT2D eigenvalue weighted by Crippen LogP contribution is 2.08. The molecule has 1 aromatic heterocycles. The van der Waals surface area contributed by atoms with E-state index in [4.69, 9.17) is 5.73 Å². The lowest BCUT2D eigenvalue weighted by Gasteiger charge is -2.26. The lowest BCUT2D eigenvalue weighted by Crippen LogP contribution is -2.37. The Hall–Kier alpha value is -0.940. The van der Waals surface area contributed by atoms with Gasteiger partial charge in [0.15, 0.2) is 0 Å². The van der Waals surface area contributed by atoms with Gasteiger partial charge < -0.3 is 15.2 Å². The Morgan fingerprint density at radius 3 is 2.83 bits per heavy atom. The number of pyridine rings is 1. The smallest absolute Gasteiger partial charge is 0.250 e. The van der Waals surface area contributed by atoms with Crippen LogP contribution in [0.3, 0.4) is 0 Å². The van der Waals surface area contributed by atoms with E-state index in [2.05, 4.69) is 25.1 Å². The van der Waals surface area contributed by atoms with E-state index in [0.29, 0.717) is 18.3 Å². The van der Waals surface area contributed by atoms with E-state index in [1.807, 2.05) is 11.8 Å². The summed E-state index contributed by atoms with van der Waals surface area (Å²) in [5.41, 5.74) is 6.33. The molecule has 1 rings (SSSR count). The molecule has 0 saturated carbocycles. The third kappa shape index (κ3) is 4.38. The molecule has 0 amide bonds. The zero-order valence-electron chi connectivity index (χ0n) is 11.4. The van der Waals surface area contributed by atoms with Crippen molar-refractivity contribution >= 4 is 17.4 Å². The number of hydrogen-bond donors (Lipinski definition) is 1. The summed E-state index contributed by atoms with van der Waals surface area (Å²) in [6, 6.07) is 3.73. The average molecular weight is 269 g/mol. The van der Waals surface area contributed by atoms with Crippen LogP contribution in [0.1, 0.15) is 13.3 Å². The summed E-state index contributed by atoms with van der Waals surface area (Å²) < 4.78 is 1.68. The standard InChI is InChI=1S/C13H23N3OS/c1-4-12(10-18-3)15(2)7-8-16-9-11(14)5-6-13(16)17/h5-6,9,12H,4,7-8,10,14H2,1-3H3. The Bertz CT molecular complexity index is 419. The minimum Gasteiger partial charge on any atom is -0.398 e. The number of aromatic nitrogens is 1. The van der Waals surface area contributed by atoms with Crippen LogP contribution in [0.15, 0.2) is 23.1 Å². The molecule has 0 spiro atoms. The molecule has 102 valence electrons. The number of thioether (sulfide) groups is 1. The lowest BCUT2D eigenvalue weighted by atomic mass is 10.2. The van der Waals surface area contributed by atoms with E-state index in [1.54, 1.807) is 16.8 Å². The second-order valence-corrected chi connectivity index (χ2v) is 5.40. The summed E-state index contributed by atoms with van der Waals surface area (Å²) in [4.78, 5) is 13.9. The predicted octanol–water partition coefficient (Wildman–Crippen LogP) is 1.50. The number of nitrogen functional groups attached to an aromatic ring is 1. The van der Waals surface area contributed by atoms with Gasteiger partial charge in [0.25, 0.3) is 5.56 Å². The molecule has 0 bridgehead atoms. The molecule has 5 heteroatoms. The summed E-state index contributed by atoms with van der Waals surface area (Å²) in [6.45, 7) is 3.75. The highest BCUT2D eigenvalue weighted by molar-refractivity contribution is 7.98. The van der Waals surface area contributed by atoms with Gasteiger partial charge in [-0.1, -0.05) is 6.92 Å². The van der Waals surface area contributed by atoms with Crippen molar-refractivity contribution in [1.82, 2.24) is 9.47 Å². The molecule has 1 atom stereocenters. The van der Waals surface area contributed by atoms with Crippen molar-refractivity contribution in [2.45, 2.75) is 25.9 Å². The van der Waals surface area contributed by atoms with Crippen LogP contribution in [0, 0.1) is 0 Å². The molecule has 1 unspecified atom stereocenters. The molecule has 0 saturated heterocycles. The van der Waals surface area contributed by atoms with Crippen molar-refractivity contribution in [2.24, 2.45) is 0 Å². The normalized spacial score (nSPS) is 12.9. The SMILES string of the molecule is CCC(CSC)N(C)CCn1cc(N)ccc1=O.